The van der Waals surface area contributed by atoms with Crippen LogP contribution in [0, 0.1) is 11.3 Å². The van der Waals surface area contributed by atoms with E-state index in [9.17, 15) is 4.79 Å². The zero-order valence-corrected chi connectivity index (χ0v) is 11.9. The SMILES string of the molecule is CC1(C)CCCC1C(=O)Nc1cc2c(cc1N)OCO2. The first-order valence-electron chi connectivity index (χ1n) is 6.97. The molecule has 1 aliphatic carbocycles. The van der Waals surface area contributed by atoms with Crippen molar-refractivity contribution in [3.8, 4) is 11.5 Å². The fraction of sp³-hybridized carbons (Fsp3) is 0.533. The molecule has 1 unspecified atom stereocenters. The summed E-state index contributed by atoms with van der Waals surface area (Å²) >= 11 is 0. The second-order valence-electron chi connectivity index (χ2n) is 6.22. The summed E-state index contributed by atoms with van der Waals surface area (Å²) in [4.78, 5) is 12.4. The maximum Gasteiger partial charge on any atom is 0.231 e. The van der Waals surface area contributed by atoms with Gasteiger partial charge in [-0.25, -0.2) is 0 Å². The van der Waals surface area contributed by atoms with Gasteiger partial charge in [0.15, 0.2) is 11.5 Å². The lowest BCUT2D eigenvalue weighted by Gasteiger charge is -2.26. The van der Waals surface area contributed by atoms with Crippen molar-refractivity contribution in [1.29, 1.82) is 0 Å². The highest BCUT2D eigenvalue weighted by atomic mass is 16.7. The second kappa shape index (κ2) is 4.58. The predicted octanol–water partition coefficient (Wildman–Crippen LogP) is 2.76. The van der Waals surface area contributed by atoms with Gasteiger partial charge in [-0.2, -0.15) is 0 Å². The average Bonchev–Trinajstić information content (AvgIpc) is 2.95. The molecule has 5 heteroatoms. The van der Waals surface area contributed by atoms with E-state index in [0.29, 0.717) is 22.9 Å². The van der Waals surface area contributed by atoms with E-state index in [2.05, 4.69) is 19.2 Å². The van der Waals surface area contributed by atoms with Crippen LogP contribution in [-0.2, 0) is 4.79 Å². The van der Waals surface area contributed by atoms with E-state index in [1.807, 2.05) is 0 Å². The molecule has 1 atom stereocenters. The highest BCUT2D eigenvalue weighted by Crippen LogP contribution is 2.44. The van der Waals surface area contributed by atoms with Crippen molar-refractivity contribution in [1.82, 2.24) is 0 Å². The van der Waals surface area contributed by atoms with Crippen LogP contribution >= 0.6 is 0 Å². The predicted molar refractivity (Wildman–Crippen MR) is 76.7 cm³/mol. The summed E-state index contributed by atoms with van der Waals surface area (Å²) in [7, 11) is 0. The number of carbonyl (C=O) groups is 1. The molecule has 20 heavy (non-hydrogen) atoms. The van der Waals surface area contributed by atoms with Crippen LogP contribution in [0.5, 0.6) is 11.5 Å². The summed E-state index contributed by atoms with van der Waals surface area (Å²) in [5, 5.41) is 2.94. The molecule has 5 nitrogen and oxygen atoms in total. The molecule has 3 rings (SSSR count). The molecule has 0 bridgehead atoms. The first-order chi connectivity index (χ1) is 9.47. The van der Waals surface area contributed by atoms with Crippen molar-refractivity contribution in [2.24, 2.45) is 11.3 Å². The Bertz CT molecular complexity index is 554. The first kappa shape index (κ1) is 13.1. The number of anilines is 2. The minimum atomic E-state index is 0.0346. The molecule has 108 valence electrons. The topological polar surface area (TPSA) is 73.6 Å². The number of amides is 1. The number of nitrogens with two attached hydrogens (primary N) is 1. The molecule has 0 aromatic heterocycles. The van der Waals surface area contributed by atoms with Gasteiger partial charge in [0.1, 0.15) is 0 Å². The van der Waals surface area contributed by atoms with Crippen molar-refractivity contribution in [3.63, 3.8) is 0 Å². The number of hydrogen-bond acceptors (Lipinski definition) is 4. The van der Waals surface area contributed by atoms with Crippen LogP contribution in [0.15, 0.2) is 12.1 Å². The molecule has 3 N–H and O–H groups in total. The number of nitrogen functional groups attached to an aromatic ring is 1. The molecule has 2 aliphatic rings. The van der Waals surface area contributed by atoms with Crippen LogP contribution in [-0.4, -0.2) is 12.7 Å². The van der Waals surface area contributed by atoms with E-state index >= 15 is 0 Å². The number of carbonyl (C=O) groups excluding carboxylic acids is 1. The van der Waals surface area contributed by atoms with Crippen molar-refractivity contribution >= 4 is 17.3 Å². The standard InChI is InChI=1S/C15H20N2O3/c1-15(2)5-3-4-9(15)14(18)17-11-7-13-12(6-10(11)16)19-8-20-13/h6-7,9H,3-5,8,16H2,1-2H3,(H,17,18). The summed E-state index contributed by atoms with van der Waals surface area (Å²) in [6.45, 7) is 4.49. The van der Waals surface area contributed by atoms with Crippen molar-refractivity contribution in [2.75, 3.05) is 17.8 Å². The van der Waals surface area contributed by atoms with E-state index in [1.54, 1.807) is 12.1 Å². The number of fused-ring (bicyclic) bond motifs is 1. The summed E-state index contributed by atoms with van der Waals surface area (Å²) in [6, 6.07) is 3.43. The zero-order chi connectivity index (χ0) is 14.3. The normalized spacial score (nSPS) is 22.8. The van der Waals surface area contributed by atoms with Crippen LogP contribution < -0.4 is 20.5 Å². The van der Waals surface area contributed by atoms with E-state index < -0.39 is 0 Å². The third-order valence-corrected chi connectivity index (χ3v) is 4.38. The molecule has 1 amide bonds. The van der Waals surface area contributed by atoms with Crippen LogP contribution in [0.1, 0.15) is 33.1 Å². The van der Waals surface area contributed by atoms with Gasteiger partial charge >= 0.3 is 0 Å². The van der Waals surface area contributed by atoms with Gasteiger partial charge in [-0.05, 0) is 18.3 Å². The molecule has 1 saturated carbocycles. The molecular weight excluding hydrogens is 256 g/mol. The highest BCUT2D eigenvalue weighted by Gasteiger charge is 2.39. The number of benzene rings is 1. The summed E-state index contributed by atoms with van der Waals surface area (Å²) in [5.41, 5.74) is 7.11. The third kappa shape index (κ3) is 2.17. The lowest BCUT2D eigenvalue weighted by Crippen LogP contribution is -2.31. The molecule has 1 aromatic rings. The smallest absolute Gasteiger partial charge is 0.231 e. The van der Waals surface area contributed by atoms with Gasteiger partial charge in [-0.3, -0.25) is 4.79 Å². The zero-order valence-electron chi connectivity index (χ0n) is 11.9. The Morgan fingerprint density at radius 1 is 1.35 bits per heavy atom. The van der Waals surface area contributed by atoms with E-state index in [1.165, 1.54) is 0 Å². The maximum atomic E-state index is 12.4. The summed E-state index contributed by atoms with van der Waals surface area (Å²) in [5.74, 6) is 1.33. The summed E-state index contributed by atoms with van der Waals surface area (Å²) in [6.07, 6.45) is 3.12. The minimum absolute atomic E-state index is 0.0346. The van der Waals surface area contributed by atoms with E-state index in [-0.39, 0.29) is 24.0 Å². The molecule has 1 fully saturated rings. The molecule has 1 aliphatic heterocycles. The van der Waals surface area contributed by atoms with Gasteiger partial charge in [-0.15, -0.1) is 0 Å². The van der Waals surface area contributed by atoms with Crippen LogP contribution in [0.25, 0.3) is 0 Å². The number of rotatable bonds is 2. The van der Waals surface area contributed by atoms with Crippen LogP contribution in [0.2, 0.25) is 0 Å². The monoisotopic (exact) mass is 276 g/mol. The Hall–Kier alpha value is -1.91. The largest absolute Gasteiger partial charge is 0.454 e. The van der Waals surface area contributed by atoms with Crippen molar-refractivity contribution in [3.05, 3.63) is 12.1 Å². The van der Waals surface area contributed by atoms with Crippen molar-refractivity contribution in [2.45, 2.75) is 33.1 Å². The van der Waals surface area contributed by atoms with Gasteiger partial charge in [0.05, 0.1) is 11.4 Å². The second-order valence-corrected chi connectivity index (χ2v) is 6.22. The number of nitrogens with one attached hydrogen (secondary N) is 1. The Morgan fingerprint density at radius 3 is 2.70 bits per heavy atom. The number of hydrogen-bond donors (Lipinski definition) is 2. The van der Waals surface area contributed by atoms with Gasteiger partial charge in [0.25, 0.3) is 0 Å². The third-order valence-electron chi connectivity index (χ3n) is 4.38. The highest BCUT2D eigenvalue weighted by molar-refractivity contribution is 5.96. The molecule has 1 aromatic carbocycles. The Morgan fingerprint density at radius 2 is 2.05 bits per heavy atom. The van der Waals surface area contributed by atoms with Gasteiger partial charge in [0.2, 0.25) is 12.7 Å². The Labute approximate surface area is 118 Å². The molecule has 0 radical (unpaired) electrons. The van der Waals surface area contributed by atoms with E-state index in [4.69, 9.17) is 15.2 Å². The summed E-state index contributed by atoms with van der Waals surface area (Å²) < 4.78 is 10.6. The quantitative estimate of drug-likeness (QED) is 0.815. The Kier molecular flexibility index (Phi) is 3.00. The van der Waals surface area contributed by atoms with E-state index in [0.717, 1.165) is 19.3 Å². The first-order valence-corrected chi connectivity index (χ1v) is 6.97. The van der Waals surface area contributed by atoms with Crippen molar-refractivity contribution < 1.29 is 14.3 Å². The van der Waals surface area contributed by atoms with Gasteiger partial charge in [0, 0.05) is 18.1 Å². The van der Waals surface area contributed by atoms with Gasteiger partial charge < -0.3 is 20.5 Å². The molecular formula is C15H20N2O3. The molecule has 1 heterocycles. The fourth-order valence-electron chi connectivity index (χ4n) is 3.10. The molecule has 0 spiro atoms. The molecule has 0 saturated heterocycles. The Balaban J connectivity index is 1.80. The lowest BCUT2D eigenvalue weighted by molar-refractivity contribution is -0.122. The minimum Gasteiger partial charge on any atom is -0.454 e. The maximum absolute atomic E-state index is 12.4. The average molecular weight is 276 g/mol. The van der Waals surface area contributed by atoms with Gasteiger partial charge in [-0.1, -0.05) is 20.3 Å². The fourth-order valence-corrected chi connectivity index (χ4v) is 3.10. The van der Waals surface area contributed by atoms with Crippen LogP contribution in [0.4, 0.5) is 11.4 Å². The lowest BCUT2D eigenvalue weighted by atomic mass is 9.81. The van der Waals surface area contributed by atoms with Crippen LogP contribution in [0.3, 0.4) is 0 Å². The number of ether oxygens (including phenoxy) is 2.